The van der Waals surface area contributed by atoms with E-state index in [1.165, 1.54) is 0 Å². The second-order valence-electron chi connectivity index (χ2n) is 3.73. The summed E-state index contributed by atoms with van der Waals surface area (Å²) in [7, 11) is 1.86. The normalized spacial score (nSPS) is 17.1. The monoisotopic (exact) mass is 213 g/mol. The summed E-state index contributed by atoms with van der Waals surface area (Å²) in [5.74, 6) is 0.0387. The molecule has 0 atom stereocenters. The van der Waals surface area contributed by atoms with Gasteiger partial charge in [-0.25, -0.2) is 0 Å². The fraction of sp³-hybridized carbons (Fsp3) is 0.800. The fourth-order valence-electron chi connectivity index (χ4n) is 1.59. The summed E-state index contributed by atoms with van der Waals surface area (Å²) >= 11 is 0. The topological polar surface area (TPSA) is 61.4 Å². The molecule has 0 radical (unpaired) electrons. The van der Waals surface area contributed by atoms with Crippen LogP contribution in [0.1, 0.15) is 19.3 Å². The third-order valence-electron chi connectivity index (χ3n) is 2.43. The zero-order valence-electron chi connectivity index (χ0n) is 9.21. The molecule has 1 aliphatic rings. The average Bonchev–Trinajstić information content (AvgIpc) is 2.43. The number of rotatable bonds is 4. The maximum Gasteiger partial charge on any atom is 0.239 e. The highest BCUT2D eigenvalue weighted by molar-refractivity contribution is 5.85. The summed E-state index contributed by atoms with van der Waals surface area (Å²) in [6.07, 6.45) is 2.20. The average molecular weight is 213 g/mol. The fourth-order valence-corrected chi connectivity index (χ4v) is 1.59. The third kappa shape index (κ3) is 4.29. The zero-order valence-corrected chi connectivity index (χ0v) is 9.21. The largest absolute Gasteiger partial charge is 0.354 e. The van der Waals surface area contributed by atoms with Crippen LogP contribution in [0.25, 0.3) is 0 Å². The second-order valence-corrected chi connectivity index (χ2v) is 3.73. The Morgan fingerprint density at radius 2 is 2.40 bits per heavy atom. The van der Waals surface area contributed by atoms with E-state index in [4.69, 9.17) is 0 Å². The van der Waals surface area contributed by atoms with Gasteiger partial charge in [0, 0.05) is 19.5 Å². The number of amides is 2. The van der Waals surface area contributed by atoms with Gasteiger partial charge in [-0.2, -0.15) is 0 Å². The van der Waals surface area contributed by atoms with Crippen molar-refractivity contribution in [3.8, 4) is 0 Å². The van der Waals surface area contributed by atoms with Gasteiger partial charge in [0.2, 0.25) is 11.8 Å². The molecule has 1 aliphatic heterocycles. The van der Waals surface area contributed by atoms with Gasteiger partial charge in [-0.05, 0) is 26.4 Å². The molecule has 0 saturated carbocycles. The Morgan fingerprint density at radius 1 is 1.60 bits per heavy atom. The summed E-state index contributed by atoms with van der Waals surface area (Å²) in [5, 5.41) is 5.75. The van der Waals surface area contributed by atoms with Crippen LogP contribution in [0, 0.1) is 0 Å². The van der Waals surface area contributed by atoms with Crippen molar-refractivity contribution in [3.05, 3.63) is 0 Å². The second kappa shape index (κ2) is 6.40. The molecule has 5 heteroatoms. The standard InChI is InChI=1S/C10H19N3O2/c1-11-5-2-4-10(15)13-7-3-6-12-9(14)8-13/h11H,2-8H2,1H3,(H,12,14). The quantitative estimate of drug-likeness (QED) is 0.609. The molecule has 0 aromatic heterocycles. The van der Waals surface area contributed by atoms with Crippen molar-refractivity contribution in [3.63, 3.8) is 0 Å². The minimum Gasteiger partial charge on any atom is -0.354 e. The molecule has 1 heterocycles. The summed E-state index contributed by atoms with van der Waals surface area (Å²) in [6, 6.07) is 0. The lowest BCUT2D eigenvalue weighted by Gasteiger charge is -2.18. The smallest absolute Gasteiger partial charge is 0.239 e. The van der Waals surface area contributed by atoms with E-state index < -0.39 is 0 Å². The molecule has 1 saturated heterocycles. The number of nitrogens with one attached hydrogen (secondary N) is 2. The Morgan fingerprint density at radius 3 is 3.13 bits per heavy atom. The Labute approximate surface area is 90.2 Å². The molecule has 0 bridgehead atoms. The zero-order chi connectivity index (χ0) is 11.1. The molecule has 86 valence electrons. The van der Waals surface area contributed by atoms with Crippen LogP contribution in [0.5, 0.6) is 0 Å². The molecule has 5 nitrogen and oxygen atoms in total. The Hall–Kier alpha value is -1.10. The number of hydrogen-bond acceptors (Lipinski definition) is 3. The third-order valence-corrected chi connectivity index (χ3v) is 2.43. The van der Waals surface area contributed by atoms with E-state index in [9.17, 15) is 9.59 Å². The summed E-state index contributed by atoms with van der Waals surface area (Å²) < 4.78 is 0. The number of carbonyl (C=O) groups is 2. The lowest BCUT2D eigenvalue weighted by Crippen LogP contribution is -2.37. The minimum absolute atomic E-state index is 0.0468. The summed E-state index contributed by atoms with van der Waals surface area (Å²) in [5.41, 5.74) is 0. The first-order valence-electron chi connectivity index (χ1n) is 5.43. The van der Waals surface area contributed by atoms with E-state index in [1.54, 1.807) is 4.90 Å². The first kappa shape index (κ1) is 12.0. The molecule has 1 rings (SSSR count). The molecule has 0 aromatic rings. The van der Waals surface area contributed by atoms with E-state index in [1.807, 2.05) is 7.05 Å². The Balaban J connectivity index is 2.33. The van der Waals surface area contributed by atoms with E-state index >= 15 is 0 Å². The van der Waals surface area contributed by atoms with Crippen LogP contribution in [0.15, 0.2) is 0 Å². The number of hydrogen-bond donors (Lipinski definition) is 2. The van der Waals surface area contributed by atoms with Gasteiger partial charge in [0.15, 0.2) is 0 Å². The molecular weight excluding hydrogens is 194 g/mol. The van der Waals surface area contributed by atoms with Crippen LogP contribution in [-0.4, -0.2) is 49.9 Å². The van der Waals surface area contributed by atoms with Gasteiger partial charge in [-0.1, -0.05) is 0 Å². The van der Waals surface area contributed by atoms with Gasteiger partial charge < -0.3 is 15.5 Å². The van der Waals surface area contributed by atoms with Gasteiger partial charge >= 0.3 is 0 Å². The van der Waals surface area contributed by atoms with Crippen LogP contribution >= 0.6 is 0 Å². The van der Waals surface area contributed by atoms with Crippen molar-refractivity contribution in [2.75, 3.05) is 33.2 Å². The van der Waals surface area contributed by atoms with Crippen molar-refractivity contribution in [2.24, 2.45) is 0 Å². The maximum atomic E-state index is 11.7. The Bertz CT molecular complexity index is 231. The first-order chi connectivity index (χ1) is 7.24. The van der Waals surface area contributed by atoms with E-state index in [0.29, 0.717) is 19.5 Å². The number of nitrogens with zero attached hydrogens (tertiary/aromatic N) is 1. The van der Waals surface area contributed by atoms with Crippen LogP contribution in [0.4, 0.5) is 0 Å². The highest BCUT2D eigenvalue weighted by Gasteiger charge is 2.18. The van der Waals surface area contributed by atoms with E-state index in [2.05, 4.69) is 10.6 Å². The van der Waals surface area contributed by atoms with Crippen molar-refractivity contribution < 1.29 is 9.59 Å². The van der Waals surface area contributed by atoms with Gasteiger partial charge in [0.05, 0.1) is 6.54 Å². The SMILES string of the molecule is CNCCCC(=O)N1CCCNC(=O)C1. The summed E-state index contributed by atoms with van der Waals surface area (Å²) in [4.78, 5) is 24.6. The summed E-state index contributed by atoms with van der Waals surface area (Å²) in [6.45, 7) is 2.43. The van der Waals surface area contributed by atoms with Gasteiger partial charge in [-0.3, -0.25) is 9.59 Å². The first-order valence-corrected chi connectivity index (χ1v) is 5.43. The molecule has 1 fully saturated rings. The maximum absolute atomic E-state index is 11.7. The van der Waals surface area contributed by atoms with Crippen molar-refractivity contribution in [2.45, 2.75) is 19.3 Å². The Kier molecular flexibility index (Phi) is 5.10. The van der Waals surface area contributed by atoms with E-state index in [-0.39, 0.29) is 18.4 Å². The molecule has 0 unspecified atom stereocenters. The van der Waals surface area contributed by atoms with Crippen molar-refractivity contribution in [1.82, 2.24) is 15.5 Å². The lowest BCUT2D eigenvalue weighted by molar-refractivity contribution is -0.135. The van der Waals surface area contributed by atoms with Gasteiger partial charge in [0.1, 0.15) is 0 Å². The molecule has 0 aliphatic carbocycles. The van der Waals surface area contributed by atoms with Gasteiger partial charge in [-0.15, -0.1) is 0 Å². The van der Waals surface area contributed by atoms with Crippen LogP contribution in [0.3, 0.4) is 0 Å². The van der Waals surface area contributed by atoms with E-state index in [0.717, 1.165) is 19.4 Å². The van der Waals surface area contributed by atoms with Gasteiger partial charge in [0.25, 0.3) is 0 Å². The van der Waals surface area contributed by atoms with Crippen molar-refractivity contribution >= 4 is 11.8 Å². The highest BCUT2D eigenvalue weighted by Crippen LogP contribution is 2.01. The van der Waals surface area contributed by atoms with Crippen molar-refractivity contribution in [1.29, 1.82) is 0 Å². The van der Waals surface area contributed by atoms with Crippen LogP contribution in [0.2, 0.25) is 0 Å². The molecular formula is C10H19N3O2. The molecule has 15 heavy (non-hydrogen) atoms. The number of carbonyl (C=O) groups excluding carboxylic acids is 2. The molecule has 2 N–H and O–H groups in total. The van der Waals surface area contributed by atoms with Crippen LogP contribution in [-0.2, 0) is 9.59 Å². The predicted octanol–water partition coefficient (Wildman–Crippen LogP) is -0.665. The predicted molar refractivity (Wildman–Crippen MR) is 57.4 cm³/mol. The minimum atomic E-state index is -0.0468. The molecule has 0 aromatic carbocycles. The molecule has 2 amide bonds. The van der Waals surface area contributed by atoms with Crippen LogP contribution < -0.4 is 10.6 Å². The molecule has 0 spiro atoms. The lowest BCUT2D eigenvalue weighted by atomic mass is 10.2. The highest BCUT2D eigenvalue weighted by atomic mass is 16.2.